The maximum absolute atomic E-state index is 5.93. The highest BCUT2D eigenvalue weighted by atomic mass is 32.1. The molecule has 3 heterocycles. The third kappa shape index (κ3) is 3.49. The molecule has 0 spiro atoms. The molecule has 126 valence electrons. The van der Waals surface area contributed by atoms with Gasteiger partial charge in [0.05, 0.1) is 5.39 Å². The molecule has 25 heavy (non-hydrogen) atoms. The molecule has 0 fully saturated rings. The van der Waals surface area contributed by atoms with Crippen LogP contribution < -0.4 is 10.1 Å². The zero-order valence-corrected chi connectivity index (χ0v) is 14.7. The van der Waals surface area contributed by atoms with Gasteiger partial charge in [0.1, 0.15) is 17.7 Å². The summed E-state index contributed by atoms with van der Waals surface area (Å²) < 4.78 is 7.88. The minimum Gasteiger partial charge on any atom is -0.438 e. The summed E-state index contributed by atoms with van der Waals surface area (Å²) in [7, 11) is 1.95. The molecule has 0 aliphatic rings. The molecule has 0 radical (unpaired) electrons. The molecule has 1 N–H and O–H groups in total. The molecule has 0 saturated heterocycles. The molecule has 0 aliphatic carbocycles. The summed E-state index contributed by atoms with van der Waals surface area (Å²) in [5.74, 6) is 1.33. The van der Waals surface area contributed by atoms with Crippen LogP contribution >= 0.6 is 11.3 Å². The van der Waals surface area contributed by atoms with Crippen molar-refractivity contribution in [3.8, 4) is 11.6 Å². The predicted octanol–water partition coefficient (Wildman–Crippen LogP) is 4.48. The Labute approximate surface area is 149 Å². The summed E-state index contributed by atoms with van der Waals surface area (Å²) >= 11 is 1.73. The highest BCUT2D eigenvalue weighted by molar-refractivity contribution is 7.07. The number of hydrogen-bond donors (Lipinski definition) is 1. The van der Waals surface area contributed by atoms with Gasteiger partial charge in [-0.25, -0.2) is 9.97 Å². The van der Waals surface area contributed by atoms with Gasteiger partial charge in [-0.05, 0) is 59.1 Å². The first kappa shape index (κ1) is 15.7. The molecule has 0 amide bonds. The fourth-order valence-electron chi connectivity index (χ4n) is 2.67. The summed E-state index contributed by atoms with van der Waals surface area (Å²) in [5.41, 5.74) is 3.31. The van der Waals surface area contributed by atoms with Crippen molar-refractivity contribution < 1.29 is 4.74 Å². The van der Waals surface area contributed by atoms with Gasteiger partial charge in [0, 0.05) is 25.5 Å². The van der Waals surface area contributed by atoms with Crippen molar-refractivity contribution in [2.75, 3.05) is 11.9 Å². The number of nitrogens with zero attached hydrogens (tertiary/aromatic N) is 3. The Morgan fingerprint density at radius 1 is 1.12 bits per heavy atom. The summed E-state index contributed by atoms with van der Waals surface area (Å²) in [4.78, 5) is 8.53. The number of aryl methyl sites for hydroxylation is 1. The molecule has 0 unspecified atom stereocenters. The van der Waals surface area contributed by atoms with Crippen molar-refractivity contribution in [1.29, 1.82) is 0 Å². The number of aromatic nitrogens is 3. The lowest BCUT2D eigenvalue weighted by atomic mass is 10.2. The maximum Gasteiger partial charge on any atom is 0.231 e. The van der Waals surface area contributed by atoms with Crippen LogP contribution in [0.2, 0.25) is 0 Å². The number of nitrogens with one attached hydrogen (secondary N) is 1. The van der Waals surface area contributed by atoms with Gasteiger partial charge in [-0.2, -0.15) is 11.3 Å². The SMILES string of the molecule is Cn1ccc2c(Oc3ccc(NCCc4ccsc4)cc3)ncnc21. The van der Waals surface area contributed by atoms with E-state index in [1.54, 1.807) is 11.3 Å². The third-order valence-electron chi connectivity index (χ3n) is 4.02. The molecular formula is C19H18N4OS. The second kappa shape index (κ2) is 6.94. The third-order valence-corrected chi connectivity index (χ3v) is 4.75. The number of benzene rings is 1. The molecule has 0 aliphatic heterocycles. The van der Waals surface area contributed by atoms with Crippen molar-refractivity contribution in [3.63, 3.8) is 0 Å². The Morgan fingerprint density at radius 2 is 2.00 bits per heavy atom. The van der Waals surface area contributed by atoms with Gasteiger partial charge >= 0.3 is 0 Å². The maximum atomic E-state index is 5.93. The van der Waals surface area contributed by atoms with Crippen molar-refractivity contribution >= 4 is 28.1 Å². The van der Waals surface area contributed by atoms with Gasteiger partial charge in [0.15, 0.2) is 0 Å². The summed E-state index contributed by atoms with van der Waals surface area (Å²) in [6.45, 7) is 0.910. The number of rotatable bonds is 6. The van der Waals surface area contributed by atoms with Gasteiger partial charge in [0.25, 0.3) is 0 Å². The van der Waals surface area contributed by atoms with Gasteiger partial charge < -0.3 is 14.6 Å². The van der Waals surface area contributed by atoms with Crippen molar-refractivity contribution in [2.24, 2.45) is 7.05 Å². The van der Waals surface area contributed by atoms with Crippen LogP contribution in [0.3, 0.4) is 0 Å². The normalized spacial score (nSPS) is 10.9. The molecule has 0 atom stereocenters. The molecular weight excluding hydrogens is 332 g/mol. The fourth-order valence-corrected chi connectivity index (χ4v) is 3.38. The minimum atomic E-state index is 0.573. The van der Waals surface area contributed by atoms with E-state index in [4.69, 9.17) is 4.74 Å². The van der Waals surface area contributed by atoms with Gasteiger partial charge in [-0.3, -0.25) is 0 Å². The predicted molar refractivity (Wildman–Crippen MR) is 102 cm³/mol. The molecule has 3 aromatic heterocycles. The number of fused-ring (bicyclic) bond motifs is 1. The van der Waals surface area contributed by atoms with Crippen LogP contribution in [0.4, 0.5) is 5.69 Å². The Bertz CT molecular complexity index is 961. The molecule has 1 aromatic carbocycles. The number of thiophene rings is 1. The summed E-state index contributed by atoms with van der Waals surface area (Å²) in [6.07, 6.45) is 4.50. The average molecular weight is 350 g/mol. The van der Waals surface area contributed by atoms with Gasteiger partial charge in [0.2, 0.25) is 5.88 Å². The van der Waals surface area contributed by atoms with E-state index < -0.39 is 0 Å². The van der Waals surface area contributed by atoms with Crippen molar-refractivity contribution in [1.82, 2.24) is 14.5 Å². The molecule has 4 aromatic rings. The highest BCUT2D eigenvalue weighted by Gasteiger charge is 2.08. The topological polar surface area (TPSA) is 52.0 Å². The Balaban J connectivity index is 1.41. The van der Waals surface area contributed by atoms with E-state index in [9.17, 15) is 0 Å². The van der Waals surface area contributed by atoms with Crippen LogP contribution in [0.15, 0.2) is 59.7 Å². The Kier molecular flexibility index (Phi) is 4.35. The molecule has 6 heteroatoms. The lowest BCUT2D eigenvalue weighted by molar-refractivity contribution is 0.468. The molecule has 0 saturated carbocycles. The van der Waals surface area contributed by atoms with Crippen molar-refractivity contribution in [3.05, 3.63) is 65.2 Å². The molecule has 5 nitrogen and oxygen atoms in total. The minimum absolute atomic E-state index is 0.573. The van der Waals surface area contributed by atoms with Crippen LogP contribution in [0, 0.1) is 0 Å². The lowest BCUT2D eigenvalue weighted by Gasteiger charge is -2.08. The van der Waals surface area contributed by atoms with Crippen LogP contribution in [-0.2, 0) is 13.5 Å². The second-order valence-corrected chi connectivity index (χ2v) is 6.56. The van der Waals surface area contributed by atoms with E-state index in [1.807, 2.05) is 48.1 Å². The molecule has 4 rings (SSSR count). The quantitative estimate of drug-likeness (QED) is 0.557. The average Bonchev–Trinajstić information content (AvgIpc) is 3.28. The standard InChI is InChI=1S/C19H18N4OS/c1-23-10-7-17-18(23)21-13-22-19(17)24-16-4-2-15(3-5-16)20-9-6-14-8-11-25-12-14/h2-5,7-8,10-13,20H,6,9H2,1H3. The van der Waals surface area contributed by atoms with Crippen LogP contribution in [0.25, 0.3) is 11.0 Å². The Morgan fingerprint density at radius 3 is 2.80 bits per heavy atom. The lowest BCUT2D eigenvalue weighted by Crippen LogP contribution is -2.03. The van der Waals surface area contributed by atoms with E-state index in [0.717, 1.165) is 35.4 Å². The number of hydrogen-bond acceptors (Lipinski definition) is 5. The van der Waals surface area contributed by atoms with Crippen molar-refractivity contribution in [2.45, 2.75) is 6.42 Å². The van der Waals surface area contributed by atoms with Gasteiger partial charge in [-0.1, -0.05) is 0 Å². The van der Waals surface area contributed by atoms with E-state index in [0.29, 0.717) is 5.88 Å². The zero-order chi connectivity index (χ0) is 17.1. The first-order chi connectivity index (χ1) is 12.3. The first-order valence-electron chi connectivity index (χ1n) is 8.08. The van der Waals surface area contributed by atoms with Gasteiger partial charge in [-0.15, -0.1) is 0 Å². The molecule has 0 bridgehead atoms. The highest BCUT2D eigenvalue weighted by Crippen LogP contribution is 2.27. The number of anilines is 1. The van der Waals surface area contributed by atoms with E-state index >= 15 is 0 Å². The monoisotopic (exact) mass is 350 g/mol. The van der Waals surface area contributed by atoms with Crippen LogP contribution in [-0.4, -0.2) is 21.1 Å². The first-order valence-corrected chi connectivity index (χ1v) is 9.03. The fraction of sp³-hybridized carbons (Fsp3) is 0.158. The zero-order valence-electron chi connectivity index (χ0n) is 13.8. The van der Waals surface area contributed by atoms with Crippen LogP contribution in [0.1, 0.15) is 5.56 Å². The largest absolute Gasteiger partial charge is 0.438 e. The van der Waals surface area contributed by atoms with Crippen LogP contribution in [0.5, 0.6) is 11.6 Å². The van der Waals surface area contributed by atoms with E-state index in [1.165, 1.54) is 11.9 Å². The number of ether oxygens (including phenoxy) is 1. The van der Waals surface area contributed by atoms with E-state index in [-0.39, 0.29) is 0 Å². The summed E-state index contributed by atoms with van der Waals surface area (Å²) in [5, 5.41) is 8.63. The van der Waals surface area contributed by atoms with E-state index in [2.05, 4.69) is 32.1 Å². The summed E-state index contributed by atoms with van der Waals surface area (Å²) in [6, 6.07) is 12.1. The Hall–Kier alpha value is -2.86. The smallest absolute Gasteiger partial charge is 0.231 e. The second-order valence-electron chi connectivity index (χ2n) is 5.78.